The number of imidazole rings is 1. The summed E-state index contributed by atoms with van der Waals surface area (Å²) >= 11 is 8.20. The van der Waals surface area contributed by atoms with Crippen LogP contribution in [0.4, 0.5) is 0 Å². The molecule has 2 heterocycles. The summed E-state index contributed by atoms with van der Waals surface area (Å²) in [6.07, 6.45) is 1.95. The van der Waals surface area contributed by atoms with E-state index in [1.54, 1.807) is 11.8 Å². The largest absolute Gasteiger partial charge is 0.396 e. The molecule has 1 aliphatic carbocycles. The van der Waals surface area contributed by atoms with Crippen LogP contribution < -0.4 is 0 Å². The van der Waals surface area contributed by atoms with Gasteiger partial charge in [-0.25, -0.2) is 9.97 Å². The number of nitrogens with zero attached hydrogens (tertiary/aromatic N) is 2. The van der Waals surface area contributed by atoms with Gasteiger partial charge < -0.3 is 15.2 Å². The highest BCUT2D eigenvalue weighted by Crippen LogP contribution is 2.36. The van der Waals surface area contributed by atoms with Crippen molar-refractivity contribution in [1.82, 2.24) is 15.0 Å². The Hall–Kier alpha value is -2.38. The Morgan fingerprint density at radius 2 is 1.69 bits per heavy atom. The number of halogens is 1. The molecule has 3 N–H and O–H groups in total. The number of aliphatic hydroxyl groups is 2. The van der Waals surface area contributed by atoms with Gasteiger partial charge in [0.1, 0.15) is 0 Å². The van der Waals surface area contributed by atoms with Gasteiger partial charge in [0.2, 0.25) is 0 Å². The van der Waals surface area contributed by atoms with Gasteiger partial charge in [0.05, 0.1) is 22.3 Å². The zero-order valence-electron chi connectivity index (χ0n) is 17.4. The number of aromatic nitrogens is 3. The van der Waals surface area contributed by atoms with Crippen LogP contribution in [0.2, 0.25) is 5.02 Å². The molecule has 5 rings (SSSR count). The van der Waals surface area contributed by atoms with E-state index in [4.69, 9.17) is 16.6 Å². The van der Waals surface area contributed by atoms with Crippen molar-refractivity contribution in [3.05, 3.63) is 65.7 Å². The van der Waals surface area contributed by atoms with E-state index in [0.29, 0.717) is 22.8 Å². The minimum Gasteiger partial charge on any atom is -0.396 e. The van der Waals surface area contributed by atoms with E-state index < -0.39 is 6.10 Å². The highest BCUT2D eigenvalue weighted by molar-refractivity contribution is 7.99. The molecule has 0 bridgehead atoms. The number of H-pyrrole nitrogens is 1. The first-order valence-electron chi connectivity index (χ1n) is 10.8. The second-order valence-electron chi connectivity index (χ2n) is 8.24. The van der Waals surface area contributed by atoms with Gasteiger partial charge >= 0.3 is 0 Å². The summed E-state index contributed by atoms with van der Waals surface area (Å²) in [5, 5.41) is 21.2. The molecule has 0 spiro atoms. The molecule has 3 atom stereocenters. The third-order valence-electron chi connectivity index (χ3n) is 6.09. The number of benzene rings is 2. The van der Waals surface area contributed by atoms with Crippen LogP contribution >= 0.6 is 23.4 Å². The van der Waals surface area contributed by atoms with Gasteiger partial charge in [0.15, 0.2) is 10.8 Å². The van der Waals surface area contributed by atoms with Crippen molar-refractivity contribution in [2.75, 3.05) is 6.61 Å². The van der Waals surface area contributed by atoms with Crippen LogP contribution in [-0.4, -0.2) is 43.1 Å². The number of thioether (sulfide) groups is 1. The fourth-order valence-corrected chi connectivity index (χ4v) is 5.69. The lowest BCUT2D eigenvalue weighted by Gasteiger charge is -2.31. The SMILES string of the molecule is OC[C@H]1CC[C@@H](Sc2nc3nc(-c4ccc(-c5ccccc5)cc4)c(Cl)cc3[nH]2)C[C@@H]1O. The first kappa shape index (κ1) is 21.5. The number of aromatic amines is 1. The number of fused-ring (bicyclic) bond motifs is 1. The molecule has 4 aromatic rings. The van der Waals surface area contributed by atoms with Crippen LogP contribution in [0.1, 0.15) is 19.3 Å². The molecule has 2 aromatic carbocycles. The Balaban J connectivity index is 1.37. The average molecular weight is 466 g/mol. The zero-order valence-corrected chi connectivity index (χ0v) is 19.0. The standard InChI is InChI=1S/C25H24ClN3O2S/c26-20-13-21-24(29-25(27-21)32-19-11-10-18(14-30)22(31)12-19)28-23(20)17-8-6-16(7-9-17)15-4-2-1-3-5-15/h1-9,13,18-19,22,30-31H,10-12,14H2,(H,27,28,29)/t18-,19-,22+/m1/s1. The summed E-state index contributed by atoms with van der Waals surface area (Å²) in [5.41, 5.74) is 5.39. The van der Waals surface area contributed by atoms with Gasteiger partial charge in [-0.3, -0.25) is 0 Å². The van der Waals surface area contributed by atoms with Crippen molar-refractivity contribution < 1.29 is 10.2 Å². The lowest BCUT2D eigenvalue weighted by molar-refractivity contribution is 0.0381. The highest BCUT2D eigenvalue weighted by Gasteiger charge is 2.29. The number of aliphatic hydroxyl groups excluding tert-OH is 2. The van der Waals surface area contributed by atoms with E-state index in [2.05, 4.69) is 34.2 Å². The number of hydrogen-bond donors (Lipinski definition) is 3. The molecule has 2 aromatic heterocycles. The molecule has 0 amide bonds. The number of nitrogens with one attached hydrogen (secondary N) is 1. The van der Waals surface area contributed by atoms with E-state index in [9.17, 15) is 10.2 Å². The Morgan fingerprint density at radius 1 is 0.969 bits per heavy atom. The second kappa shape index (κ2) is 9.24. The maximum absolute atomic E-state index is 10.2. The van der Waals surface area contributed by atoms with E-state index >= 15 is 0 Å². The fraction of sp³-hybridized carbons (Fsp3) is 0.280. The van der Waals surface area contributed by atoms with Crippen LogP contribution in [0.5, 0.6) is 0 Å². The third-order valence-corrected chi connectivity index (χ3v) is 7.56. The molecule has 1 saturated carbocycles. The molecule has 32 heavy (non-hydrogen) atoms. The maximum atomic E-state index is 10.2. The topological polar surface area (TPSA) is 82.0 Å². The Kier molecular flexibility index (Phi) is 6.20. The molecule has 0 aliphatic heterocycles. The predicted molar refractivity (Wildman–Crippen MR) is 130 cm³/mol. The normalized spacial score (nSPS) is 21.2. The van der Waals surface area contributed by atoms with Crippen molar-refractivity contribution >= 4 is 34.5 Å². The molecule has 1 aliphatic rings. The van der Waals surface area contributed by atoms with Crippen molar-refractivity contribution in [2.24, 2.45) is 5.92 Å². The first-order chi connectivity index (χ1) is 15.6. The molecule has 0 unspecified atom stereocenters. The summed E-state index contributed by atoms with van der Waals surface area (Å²) in [6, 6.07) is 20.3. The van der Waals surface area contributed by atoms with Gasteiger partial charge in [-0.15, -0.1) is 0 Å². The van der Waals surface area contributed by atoms with Crippen molar-refractivity contribution in [3.63, 3.8) is 0 Å². The number of pyridine rings is 1. The third kappa shape index (κ3) is 4.41. The average Bonchev–Trinajstić information content (AvgIpc) is 3.20. The lowest BCUT2D eigenvalue weighted by Crippen LogP contribution is -2.32. The van der Waals surface area contributed by atoms with E-state index in [-0.39, 0.29) is 17.8 Å². The summed E-state index contributed by atoms with van der Waals surface area (Å²) in [4.78, 5) is 12.7. The molecule has 164 valence electrons. The van der Waals surface area contributed by atoms with Crippen LogP contribution in [-0.2, 0) is 0 Å². The Bertz CT molecular complexity index is 1210. The van der Waals surface area contributed by atoms with E-state index in [1.165, 1.54) is 5.56 Å². The van der Waals surface area contributed by atoms with E-state index in [1.807, 2.05) is 36.4 Å². The van der Waals surface area contributed by atoms with Crippen molar-refractivity contribution in [3.8, 4) is 22.4 Å². The van der Waals surface area contributed by atoms with Gasteiger partial charge in [0, 0.05) is 23.3 Å². The smallest absolute Gasteiger partial charge is 0.179 e. The predicted octanol–water partition coefficient (Wildman–Crippen LogP) is 5.56. The first-order valence-corrected chi connectivity index (χ1v) is 12.0. The quantitative estimate of drug-likeness (QED) is 0.359. The zero-order chi connectivity index (χ0) is 22.1. The maximum Gasteiger partial charge on any atom is 0.179 e. The summed E-state index contributed by atoms with van der Waals surface area (Å²) < 4.78 is 0. The Morgan fingerprint density at radius 3 is 2.41 bits per heavy atom. The molecular weight excluding hydrogens is 442 g/mol. The van der Waals surface area contributed by atoms with Gasteiger partial charge in [-0.05, 0) is 36.5 Å². The minimum atomic E-state index is -0.464. The molecular formula is C25H24ClN3O2S. The fourth-order valence-electron chi connectivity index (χ4n) is 4.25. The van der Waals surface area contributed by atoms with Crippen LogP contribution in [0.25, 0.3) is 33.5 Å². The highest BCUT2D eigenvalue weighted by atomic mass is 35.5. The van der Waals surface area contributed by atoms with E-state index in [0.717, 1.165) is 34.6 Å². The van der Waals surface area contributed by atoms with Crippen molar-refractivity contribution in [1.29, 1.82) is 0 Å². The molecule has 5 nitrogen and oxygen atoms in total. The Labute approximate surface area is 195 Å². The number of rotatable bonds is 5. The molecule has 0 saturated heterocycles. The van der Waals surface area contributed by atoms with Crippen LogP contribution in [0.3, 0.4) is 0 Å². The lowest BCUT2D eigenvalue weighted by atomic mass is 9.87. The second-order valence-corrected chi connectivity index (χ2v) is 9.93. The number of hydrogen-bond acceptors (Lipinski definition) is 5. The summed E-state index contributed by atoms with van der Waals surface area (Å²) in [6.45, 7) is 0.0424. The van der Waals surface area contributed by atoms with Crippen LogP contribution in [0.15, 0.2) is 65.8 Å². The minimum absolute atomic E-state index is 0.0150. The monoisotopic (exact) mass is 465 g/mol. The van der Waals surface area contributed by atoms with Gasteiger partial charge in [-0.2, -0.15) is 0 Å². The molecule has 0 radical (unpaired) electrons. The summed E-state index contributed by atoms with van der Waals surface area (Å²) in [7, 11) is 0. The van der Waals surface area contributed by atoms with Crippen LogP contribution in [0, 0.1) is 5.92 Å². The summed E-state index contributed by atoms with van der Waals surface area (Å²) in [5.74, 6) is -0.0150. The molecule has 7 heteroatoms. The molecule has 1 fully saturated rings. The van der Waals surface area contributed by atoms with Crippen molar-refractivity contribution in [2.45, 2.75) is 35.8 Å². The van der Waals surface area contributed by atoms with Gasteiger partial charge in [-0.1, -0.05) is 78.0 Å². The van der Waals surface area contributed by atoms with Gasteiger partial charge in [0.25, 0.3) is 0 Å².